The van der Waals surface area contributed by atoms with Crippen LogP contribution in [0.4, 0.5) is 11.4 Å². The predicted octanol–water partition coefficient (Wildman–Crippen LogP) is 4.34. The van der Waals surface area contributed by atoms with E-state index in [0.29, 0.717) is 59.9 Å². The second-order valence-electron chi connectivity index (χ2n) is 8.45. The van der Waals surface area contributed by atoms with E-state index in [1.165, 1.54) is 13.2 Å². The van der Waals surface area contributed by atoms with Gasteiger partial charge in [-0.3, -0.25) is 14.9 Å². The lowest BCUT2D eigenvalue weighted by molar-refractivity contribution is -0.384. The first-order chi connectivity index (χ1) is 17.4. The number of nitrogens with zero attached hydrogens (tertiary/aromatic N) is 3. The van der Waals surface area contributed by atoms with Crippen LogP contribution in [0.15, 0.2) is 82.0 Å². The number of hydrogen-bond donors (Lipinski definition) is 0. The maximum Gasteiger partial charge on any atom is 0.344 e. The number of piperazine rings is 1. The number of fused-ring (bicyclic) bond motifs is 1. The minimum absolute atomic E-state index is 0.0251. The number of nitro benzene ring substituents is 1. The Balaban J connectivity index is 1.29. The summed E-state index contributed by atoms with van der Waals surface area (Å²) in [7, 11) is 1.46. The molecule has 0 bridgehead atoms. The lowest BCUT2D eigenvalue weighted by atomic mass is 10.0. The molecule has 9 heteroatoms. The van der Waals surface area contributed by atoms with Gasteiger partial charge in [0.2, 0.25) is 0 Å². The van der Waals surface area contributed by atoms with Gasteiger partial charge in [-0.2, -0.15) is 0 Å². The Labute approximate surface area is 206 Å². The van der Waals surface area contributed by atoms with Crippen LogP contribution in [0.25, 0.3) is 22.1 Å². The van der Waals surface area contributed by atoms with Crippen molar-refractivity contribution in [2.45, 2.75) is 0 Å². The molecule has 4 aromatic rings. The van der Waals surface area contributed by atoms with E-state index in [-0.39, 0.29) is 11.6 Å². The average molecular weight is 485 g/mol. The summed E-state index contributed by atoms with van der Waals surface area (Å²) >= 11 is 0. The Morgan fingerprint density at radius 1 is 0.972 bits per heavy atom. The molecule has 5 rings (SSSR count). The van der Waals surface area contributed by atoms with Crippen molar-refractivity contribution in [3.8, 4) is 16.9 Å². The van der Waals surface area contributed by atoms with Crippen LogP contribution >= 0.6 is 0 Å². The zero-order valence-electron chi connectivity index (χ0n) is 19.5. The first kappa shape index (κ1) is 23.1. The largest absolute Gasteiger partial charge is 0.496 e. The molecule has 1 aromatic heterocycles. The highest BCUT2D eigenvalue weighted by Crippen LogP contribution is 2.32. The summed E-state index contributed by atoms with van der Waals surface area (Å²) in [5.41, 5.74) is 2.18. The molecule has 1 aliphatic rings. The Kier molecular flexibility index (Phi) is 6.12. The molecule has 1 aliphatic heterocycles. The number of methoxy groups -OCH3 is 1. The number of hydrogen-bond acceptors (Lipinski definition) is 7. The zero-order valence-corrected chi connectivity index (χ0v) is 19.5. The van der Waals surface area contributed by atoms with Crippen LogP contribution in [0.3, 0.4) is 0 Å². The molecule has 182 valence electrons. The molecule has 1 saturated heterocycles. The standard InChI is InChI=1S/C27H23N3O6/c1-35-21-10-11-23(24(17-21)30(33)34)28-12-14-29(15-13-28)26(31)19-8-6-18(7-9-19)22-16-20-4-2-3-5-25(20)36-27(22)32/h2-11,16-17H,12-15H2,1H3. The summed E-state index contributed by atoms with van der Waals surface area (Å²) in [6.45, 7) is 1.79. The lowest BCUT2D eigenvalue weighted by Gasteiger charge is -2.35. The Morgan fingerprint density at radius 3 is 2.39 bits per heavy atom. The van der Waals surface area contributed by atoms with Crippen LogP contribution in [0, 0.1) is 10.1 Å². The molecule has 2 heterocycles. The topological polar surface area (TPSA) is 106 Å². The molecule has 9 nitrogen and oxygen atoms in total. The molecule has 0 aliphatic carbocycles. The van der Waals surface area contributed by atoms with Crippen molar-refractivity contribution in [1.29, 1.82) is 0 Å². The second kappa shape index (κ2) is 9.53. The molecular formula is C27H23N3O6. The Hall–Kier alpha value is -4.66. The third kappa shape index (κ3) is 4.38. The van der Waals surface area contributed by atoms with E-state index < -0.39 is 10.5 Å². The van der Waals surface area contributed by atoms with E-state index in [0.717, 1.165) is 5.39 Å². The van der Waals surface area contributed by atoms with Crippen molar-refractivity contribution in [2.75, 3.05) is 38.2 Å². The fraction of sp³-hybridized carbons (Fsp3) is 0.185. The summed E-state index contributed by atoms with van der Waals surface area (Å²) in [5, 5.41) is 12.4. The number of para-hydroxylation sites is 1. The van der Waals surface area contributed by atoms with E-state index in [9.17, 15) is 19.7 Å². The highest BCUT2D eigenvalue weighted by molar-refractivity contribution is 5.95. The fourth-order valence-corrected chi connectivity index (χ4v) is 4.43. The number of amides is 1. The first-order valence-electron chi connectivity index (χ1n) is 11.4. The van der Waals surface area contributed by atoms with E-state index in [4.69, 9.17) is 9.15 Å². The summed E-state index contributed by atoms with van der Waals surface area (Å²) in [4.78, 5) is 40.3. The zero-order chi connectivity index (χ0) is 25.2. The minimum Gasteiger partial charge on any atom is -0.496 e. The Morgan fingerprint density at radius 2 is 1.69 bits per heavy atom. The number of nitro groups is 1. The van der Waals surface area contributed by atoms with E-state index in [1.807, 2.05) is 23.1 Å². The number of anilines is 1. The minimum atomic E-state index is -0.434. The third-order valence-corrected chi connectivity index (χ3v) is 6.37. The molecule has 0 radical (unpaired) electrons. The van der Waals surface area contributed by atoms with Crippen LogP contribution in [-0.2, 0) is 0 Å². The number of carbonyl (C=O) groups excluding carboxylic acids is 1. The highest BCUT2D eigenvalue weighted by Gasteiger charge is 2.27. The maximum absolute atomic E-state index is 13.1. The van der Waals surface area contributed by atoms with Crippen molar-refractivity contribution in [3.05, 3.63) is 98.9 Å². The monoisotopic (exact) mass is 485 g/mol. The second-order valence-corrected chi connectivity index (χ2v) is 8.45. The predicted molar refractivity (Wildman–Crippen MR) is 136 cm³/mol. The van der Waals surface area contributed by atoms with E-state index in [1.54, 1.807) is 53.4 Å². The van der Waals surface area contributed by atoms with Gasteiger partial charge in [0.1, 0.15) is 17.0 Å². The van der Waals surface area contributed by atoms with Gasteiger partial charge in [-0.15, -0.1) is 0 Å². The van der Waals surface area contributed by atoms with E-state index >= 15 is 0 Å². The van der Waals surface area contributed by atoms with Crippen LogP contribution < -0.4 is 15.3 Å². The average Bonchev–Trinajstić information content (AvgIpc) is 2.92. The lowest BCUT2D eigenvalue weighted by Crippen LogP contribution is -2.48. The molecule has 3 aromatic carbocycles. The van der Waals surface area contributed by atoms with E-state index in [2.05, 4.69) is 0 Å². The number of benzene rings is 3. The third-order valence-electron chi connectivity index (χ3n) is 6.37. The molecule has 0 saturated carbocycles. The number of ether oxygens (including phenoxy) is 1. The van der Waals surface area contributed by atoms with Gasteiger partial charge in [0.05, 0.1) is 23.7 Å². The molecule has 0 unspecified atom stereocenters. The van der Waals surface area contributed by atoms with Gasteiger partial charge in [-0.1, -0.05) is 30.3 Å². The quantitative estimate of drug-likeness (QED) is 0.235. The summed E-state index contributed by atoms with van der Waals surface area (Å²) in [5.74, 6) is 0.292. The molecule has 1 fully saturated rings. The van der Waals surface area contributed by atoms with Crippen LogP contribution in [-0.4, -0.2) is 49.0 Å². The molecule has 0 atom stereocenters. The van der Waals surface area contributed by atoms with Crippen molar-refractivity contribution in [2.24, 2.45) is 0 Å². The molecule has 0 N–H and O–H groups in total. The van der Waals surface area contributed by atoms with Gasteiger partial charge in [0.15, 0.2) is 0 Å². The van der Waals surface area contributed by atoms with Gasteiger partial charge in [-0.05, 0) is 42.0 Å². The molecular weight excluding hydrogens is 462 g/mol. The SMILES string of the molecule is COc1ccc(N2CCN(C(=O)c3ccc(-c4cc5ccccc5oc4=O)cc3)CC2)c([N+](=O)[O-])c1. The smallest absolute Gasteiger partial charge is 0.344 e. The van der Waals surface area contributed by atoms with Crippen LogP contribution in [0.1, 0.15) is 10.4 Å². The summed E-state index contributed by atoms with van der Waals surface area (Å²) in [6.07, 6.45) is 0. The molecule has 36 heavy (non-hydrogen) atoms. The number of carbonyl (C=O) groups is 1. The highest BCUT2D eigenvalue weighted by atomic mass is 16.6. The van der Waals surface area contributed by atoms with Gasteiger partial charge in [-0.25, -0.2) is 4.79 Å². The van der Waals surface area contributed by atoms with Crippen molar-refractivity contribution < 1.29 is 18.9 Å². The van der Waals surface area contributed by atoms with Crippen LogP contribution in [0.2, 0.25) is 0 Å². The van der Waals surface area contributed by atoms with Gasteiger partial charge in [0, 0.05) is 37.1 Å². The van der Waals surface area contributed by atoms with Gasteiger partial charge < -0.3 is 19.0 Å². The van der Waals surface area contributed by atoms with Crippen LogP contribution in [0.5, 0.6) is 5.75 Å². The normalized spacial score (nSPS) is 13.6. The first-order valence-corrected chi connectivity index (χ1v) is 11.4. The maximum atomic E-state index is 13.1. The van der Waals surface area contributed by atoms with Crippen molar-refractivity contribution in [3.63, 3.8) is 0 Å². The van der Waals surface area contributed by atoms with Gasteiger partial charge >= 0.3 is 5.63 Å². The van der Waals surface area contributed by atoms with Gasteiger partial charge in [0.25, 0.3) is 11.6 Å². The molecule has 0 spiro atoms. The Bertz CT molecular complexity index is 1500. The summed E-state index contributed by atoms with van der Waals surface area (Å²) < 4.78 is 10.5. The van der Waals surface area contributed by atoms with Crippen molar-refractivity contribution in [1.82, 2.24) is 4.90 Å². The summed E-state index contributed by atoms with van der Waals surface area (Å²) in [6, 6.07) is 20.8. The number of rotatable bonds is 5. The molecule has 1 amide bonds. The fourth-order valence-electron chi connectivity index (χ4n) is 4.43. The van der Waals surface area contributed by atoms with Crippen molar-refractivity contribution >= 4 is 28.3 Å².